The van der Waals surface area contributed by atoms with Crippen LogP contribution in [0.15, 0.2) is 18.2 Å². The number of nitrogens with zero attached hydrogens (tertiary/aromatic N) is 2. The lowest BCUT2D eigenvalue weighted by molar-refractivity contribution is -0.385. The van der Waals surface area contributed by atoms with Crippen LogP contribution in [0.3, 0.4) is 0 Å². The second kappa shape index (κ2) is 6.76. The van der Waals surface area contributed by atoms with E-state index in [9.17, 15) is 14.5 Å². The third-order valence-electron chi connectivity index (χ3n) is 3.69. The van der Waals surface area contributed by atoms with E-state index in [4.69, 9.17) is 0 Å². The molecule has 1 heterocycles. The Balaban J connectivity index is 1.85. The van der Waals surface area contributed by atoms with Gasteiger partial charge >= 0.3 is 0 Å². The molecule has 1 saturated heterocycles. The molecule has 0 aromatic heterocycles. The van der Waals surface area contributed by atoms with Gasteiger partial charge in [-0.05, 0) is 44.5 Å². The molecule has 0 spiro atoms. The number of nitro groups is 1. The van der Waals surface area contributed by atoms with E-state index in [0.29, 0.717) is 18.2 Å². The van der Waals surface area contributed by atoms with Crippen molar-refractivity contribution in [2.45, 2.75) is 32.4 Å². The topological polar surface area (TPSA) is 58.4 Å². The maximum absolute atomic E-state index is 13.3. The van der Waals surface area contributed by atoms with Gasteiger partial charge in [-0.15, -0.1) is 0 Å². The molecule has 1 atom stereocenters. The largest absolute Gasteiger partial charge is 0.311 e. The van der Waals surface area contributed by atoms with Crippen LogP contribution in [0.5, 0.6) is 0 Å². The zero-order chi connectivity index (χ0) is 14.5. The van der Waals surface area contributed by atoms with E-state index < -0.39 is 10.7 Å². The van der Waals surface area contributed by atoms with Crippen molar-refractivity contribution in [1.29, 1.82) is 0 Å². The van der Waals surface area contributed by atoms with Crippen molar-refractivity contribution >= 4 is 5.69 Å². The number of rotatable bonds is 6. The van der Waals surface area contributed by atoms with Gasteiger partial charge in [-0.2, -0.15) is 0 Å². The highest BCUT2D eigenvalue weighted by Crippen LogP contribution is 2.16. The molecule has 1 aliphatic heterocycles. The quantitative estimate of drug-likeness (QED) is 0.642. The average Bonchev–Trinajstić information content (AvgIpc) is 2.91. The van der Waals surface area contributed by atoms with Gasteiger partial charge in [-0.3, -0.25) is 15.0 Å². The van der Waals surface area contributed by atoms with Crippen molar-refractivity contribution < 1.29 is 9.31 Å². The van der Waals surface area contributed by atoms with Crippen LogP contribution in [-0.2, 0) is 6.54 Å². The summed E-state index contributed by atoms with van der Waals surface area (Å²) >= 11 is 0. The molecular formula is C14H20FN3O2. The zero-order valence-corrected chi connectivity index (χ0v) is 11.6. The van der Waals surface area contributed by atoms with Crippen molar-refractivity contribution in [2.75, 3.05) is 19.6 Å². The monoisotopic (exact) mass is 281 g/mol. The van der Waals surface area contributed by atoms with Crippen LogP contribution in [0.25, 0.3) is 0 Å². The lowest BCUT2D eigenvalue weighted by Crippen LogP contribution is -2.38. The van der Waals surface area contributed by atoms with Gasteiger partial charge in [0, 0.05) is 25.2 Å². The highest BCUT2D eigenvalue weighted by molar-refractivity contribution is 5.35. The van der Waals surface area contributed by atoms with Gasteiger partial charge in [0.2, 0.25) is 0 Å². The lowest BCUT2D eigenvalue weighted by atomic mass is 10.2. The minimum atomic E-state index is -0.570. The zero-order valence-electron chi connectivity index (χ0n) is 11.6. The molecule has 0 saturated carbocycles. The lowest BCUT2D eigenvalue weighted by Gasteiger charge is -2.23. The minimum Gasteiger partial charge on any atom is -0.311 e. The van der Waals surface area contributed by atoms with Gasteiger partial charge in [0.1, 0.15) is 5.82 Å². The molecule has 0 amide bonds. The second-order valence-corrected chi connectivity index (χ2v) is 5.30. The molecule has 1 aromatic rings. The van der Waals surface area contributed by atoms with Gasteiger partial charge in [0.15, 0.2) is 0 Å². The van der Waals surface area contributed by atoms with Gasteiger partial charge in [0.05, 0.1) is 11.0 Å². The van der Waals surface area contributed by atoms with Crippen LogP contribution in [0.1, 0.15) is 25.3 Å². The predicted octanol–water partition coefficient (Wildman–Crippen LogP) is 2.31. The van der Waals surface area contributed by atoms with E-state index in [1.165, 1.54) is 25.0 Å². The molecule has 2 rings (SSSR count). The Morgan fingerprint density at radius 2 is 2.10 bits per heavy atom. The molecule has 1 unspecified atom stereocenters. The van der Waals surface area contributed by atoms with Gasteiger partial charge in [0.25, 0.3) is 5.69 Å². The smallest absolute Gasteiger partial charge is 0.272 e. The first kappa shape index (κ1) is 14.9. The Morgan fingerprint density at radius 3 is 2.75 bits per heavy atom. The van der Waals surface area contributed by atoms with Gasteiger partial charge in [-0.25, -0.2) is 4.39 Å². The summed E-state index contributed by atoms with van der Waals surface area (Å²) in [6, 6.07) is 4.12. The molecule has 20 heavy (non-hydrogen) atoms. The summed E-state index contributed by atoms with van der Waals surface area (Å²) < 4.78 is 13.3. The normalized spacial score (nSPS) is 17.3. The molecule has 1 aromatic carbocycles. The molecule has 1 N–H and O–H groups in total. The summed E-state index contributed by atoms with van der Waals surface area (Å²) in [5, 5.41) is 13.9. The number of likely N-dealkylation sites (tertiary alicyclic amines) is 1. The molecule has 0 bridgehead atoms. The number of non-ortho nitro benzene ring substituents is 1. The maximum atomic E-state index is 13.3. The predicted molar refractivity (Wildman–Crippen MR) is 75.0 cm³/mol. The SMILES string of the molecule is CC(CNCc1cc(F)cc([N+](=O)[O-])c1)N1CCCC1. The Kier molecular flexibility index (Phi) is 5.03. The van der Waals surface area contributed by atoms with E-state index in [1.54, 1.807) is 0 Å². The third-order valence-corrected chi connectivity index (χ3v) is 3.69. The number of hydrogen-bond donors (Lipinski definition) is 1. The first-order valence-corrected chi connectivity index (χ1v) is 6.95. The standard InChI is InChI=1S/C14H20FN3O2/c1-11(17-4-2-3-5-17)9-16-10-12-6-13(15)8-14(7-12)18(19)20/h6-8,11,16H,2-5,9-10H2,1H3. The van der Waals surface area contributed by atoms with Crippen LogP contribution in [0, 0.1) is 15.9 Å². The highest BCUT2D eigenvalue weighted by Gasteiger charge is 2.17. The first-order valence-electron chi connectivity index (χ1n) is 6.95. The summed E-state index contributed by atoms with van der Waals surface area (Å²) in [6.45, 7) is 5.66. The molecule has 1 aliphatic rings. The van der Waals surface area contributed by atoms with Crippen molar-refractivity contribution in [3.8, 4) is 0 Å². The fourth-order valence-electron chi connectivity index (χ4n) is 2.58. The molecule has 5 nitrogen and oxygen atoms in total. The van der Waals surface area contributed by atoms with E-state index in [2.05, 4.69) is 17.1 Å². The number of hydrogen-bond acceptors (Lipinski definition) is 4. The van der Waals surface area contributed by atoms with Crippen molar-refractivity contribution in [2.24, 2.45) is 0 Å². The van der Waals surface area contributed by atoms with E-state index in [-0.39, 0.29) is 5.69 Å². The van der Waals surface area contributed by atoms with Crippen LogP contribution in [-0.4, -0.2) is 35.5 Å². The summed E-state index contributed by atoms with van der Waals surface area (Å²) in [4.78, 5) is 12.5. The van der Waals surface area contributed by atoms with Crippen LogP contribution in [0.2, 0.25) is 0 Å². The molecule has 110 valence electrons. The van der Waals surface area contributed by atoms with Gasteiger partial charge < -0.3 is 5.32 Å². The van der Waals surface area contributed by atoms with Crippen molar-refractivity contribution in [1.82, 2.24) is 10.2 Å². The Morgan fingerprint density at radius 1 is 1.40 bits per heavy atom. The van der Waals surface area contributed by atoms with Crippen LogP contribution < -0.4 is 5.32 Å². The van der Waals surface area contributed by atoms with Gasteiger partial charge in [-0.1, -0.05) is 0 Å². The number of nitro benzene ring substituents is 1. The van der Waals surface area contributed by atoms with E-state index in [1.807, 2.05) is 0 Å². The molecular weight excluding hydrogens is 261 g/mol. The molecule has 1 fully saturated rings. The highest BCUT2D eigenvalue weighted by atomic mass is 19.1. The fourth-order valence-corrected chi connectivity index (χ4v) is 2.58. The Labute approximate surface area is 117 Å². The fraction of sp³-hybridized carbons (Fsp3) is 0.571. The summed E-state index contributed by atoms with van der Waals surface area (Å²) in [5.74, 6) is -0.566. The maximum Gasteiger partial charge on any atom is 0.272 e. The Bertz CT molecular complexity index is 475. The third kappa shape index (κ3) is 3.98. The molecule has 0 aliphatic carbocycles. The van der Waals surface area contributed by atoms with Crippen LogP contribution >= 0.6 is 0 Å². The van der Waals surface area contributed by atoms with Crippen molar-refractivity contribution in [3.63, 3.8) is 0 Å². The van der Waals surface area contributed by atoms with Crippen molar-refractivity contribution in [3.05, 3.63) is 39.7 Å². The van der Waals surface area contributed by atoms with Crippen LogP contribution in [0.4, 0.5) is 10.1 Å². The Hall–Kier alpha value is -1.53. The summed E-state index contributed by atoms with van der Waals surface area (Å²) in [7, 11) is 0. The number of halogens is 1. The molecule has 0 radical (unpaired) electrons. The average molecular weight is 281 g/mol. The van der Waals surface area contributed by atoms with E-state index in [0.717, 1.165) is 25.7 Å². The first-order chi connectivity index (χ1) is 9.56. The summed E-state index contributed by atoms with van der Waals surface area (Å²) in [5.41, 5.74) is 0.403. The second-order valence-electron chi connectivity index (χ2n) is 5.30. The summed E-state index contributed by atoms with van der Waals surface area (Å²) in [6.07, 6.45) is 2.50. The number of benzene rings is 1. The van der Waals surface area contributed by atoms with E-state index >= 15 is 0 Å². The molecule has 6 heteroatoms. The minimum absolute atomic E-state index is 0.200. The number of nitrogens with one attached hydrogen (secondary N) is 1.